The zero-order valence-corrected chi connectivity index (χ0v) is 10.6. The largest absolute Gasteiger partial charge is 0.351 e. The van der Waals surface area contributed by atoms with Gasteiger partial charge in [0.25, 0.3) is 5.91 Å². The van der Waals surface area contributed by atoms with Crippen LogP contribution in [0.15, 0.2) is 18.2 Å². The van der Waals surface area contributed by atoms with Crippen molar-refractivity contribution in [2.24, 2.45) is 0 Å². The number of aromatic nitrogens is 2. The maximum absolute atomic E-state index is 12.0. The molecule has 0 saturated carbocycles. The van der Waals surface area contributed by atoms with E-state index in [0.717, 1.165) is 16.8 Å². The molecule has 1 aromatic heterocycles. The number of nitrogens with one attached hydrogen (secondary N) is 1. The predicted molar refractivity (Wildman–Crippen MR) is 68.3 cm³/mol. The topological polar surface area (TPSA) is 58.1 Å². The zero-order chi connectivity index (χ0) is 12.3. The van der Waals surface area contributed by atoms with Gasteiger partial charge in [-0.1, -0.05) is 10.6 Å². The number of likely N-dealkylation sites (N-methyl/N-ethyl adjacent to an activating group) is 1. The van der Waals surface area contributed by atoms with Gasteiger partial charge in [-0.2, -0.15) is 0 Å². The number of carbonyl (C=O) groups excluding carboxylic acids is 1. The number of benzene rings is 1. The Kier molecular flexibility index (Phi) is 3.65. The van der Waals surface area contributed by atoms with Crippen molar-refractivity contribution in [3.8, 4) is 0 Å². The lowest BCUT2D eigenvalue weighted by molar-refractivity contribution is 0.0953. The van der Waals surface area contributed by atoms with Gasteiger partial charge in [-0.15, -0.1) is 5.10 Å². The van der Waals surface area contributed by atoms with E-state index in [0.29, 0.717) is 12.1 Å². The number of fused-ring (bicyclic) bond motifs is 1. The Morgan fingerprint density at radius 1 is 1.47 bits per heavy atom. The molecule has 0 bridgehead atoms. The Balaban J connectivity index is 2.11. The van der Waals surface area contributed by atoms with E-state index in [1.807, 2.05) is 31.1 Å². The van der Waals surface area contributed by atoms with Crippen molar-refractivity contribution in [2.75, 3.05) is 27.2 Å². The van der Waals surface area contributed by atoms with E-state index >= 15 is 0 Å². The molecule has 0 aliphatic carbocycles. The second-order valence-corrected chi connectivity index (χ2v) is 4.74. The van der Waals surface area contributed by atoms with E-state index < -0.39 is 0 Å². The van der Waals surface area contributed by atoms with Crippen LogP contribution < -0.4 is 5.32 Å². The number of amides is 1. The molecule has 1 N–H and O–H groups in total. The first-order chi connectivity index (χ1) is 8.18. The summed E-state index contributed by atoms with van der Waals surface area (Å²) in [5.74, 6) is -0.0662. The van der Waals surface area contributed by atoms with Gasteiger partial charge in [0, 0.05) is 13.1 Å². The summed E-state index contributed by atoms with van der Waals surface area (Å²) < 4.78 is 4.70. The number of hydrogen-bond donors (Lipinski definition) is 1. The maximum atomic E-state index is 12.0. The molecule has 0 atom stereocenters. The molecule has 1 amide bonds. The van der Waals surface area contributed by atoms with Gasteiger partial charge < -0.3 is 10.2 Å². The molecular weight excluding hydrogens is 236 g/mol. The third kappa shape index (κ3) is 2.78. The lowest BCUT2D eigenvalue weighted by atomic mass is 10.2. The Bertz CT molecular complexity index is 523. The van der Waals surface area contributed by atoms with Crippen molar-refractivity contribution in [3.05, 3.63) is 23.8 Å². The molecule has 5 nitrogen and oxygen atoms in total. The lowest BCUT2D eigenvalue weighted by Crippen LogP contribution is -2.31. The minimum absolute atomic E-state index is 0.0662. The van der Waals surface area contributed by atoms with Gasteiger partial charge in [0.05, 0.1) is 10.3 Å². The Morgan fingerprint density at radius 2 is 2.29 bits per heavy atom. The minimum atomic E-state index is -0.0662. The van der Waals surface area contributed by atoms with Gasteiger partial charge >= 0.3 is 0 Å². The molecular formula is C11H14N4OS. The standard InChI is InChI=1S/C11H14N4OS/c1-15(2)7-6-12-11(16)8-4-3-5-9-10(8)17-14-13-9/h3-5H,6-7H2,1-2H3,(H,12,16). The van der Waals surface area contributed by atoms with E-state index in [9.17, 15) is 4.79 Å². The third-order valence-corrected chi connectivity index (χ3v) is 3.14. The molecule has 1 aromatic carbocycles. The average Bonchev–Trinajstić information content (AvgIpc) is 2.75. The normalized spacial score (nSPS) is 11.0. The fraction of sp³-hybridized carbons (Fsp3) is 0.364. The van der Waals surface area contributed by atoms with Gasteiger partial charge in [0.1, 0.15) is 5.52 Å². The van der Waals surface area contributed by atoms with E-state index in [1.165, 1.54) is 11.5 Å². The summed E-state index contributed by atoms with van der Waals surface area (Å²) in [7, 11) is 3.94. The molecule has 1 heterocycles. The van der Waals surface area contributed by atoms with E-state index in [4.69, 9.17) is 0 Å². The molecule has 0 radical (unpaired) electrons. The number of hydrogen-bond acceptors (Lipinski definition) is 5. The first-order valence-electron chi connectivity index (χ1n) is 5.32. The highest BCUT2D eigenvalue weighted by molar-refractivity contribution is 7.13. The number of nitrogens with zero attached hydrogens (tertiary/aromatic N) is 3. The molecule has 0 unspecified atom stereocenters. The van der Waals surface area contributed by atoms with Gasteiger partial charge in [-0.25, -0.2) is 0 Å². The van der Waals surface area contributed by atoms with Crippen LogP contribution in [0.3, 0.4) is 0 Å². The Labute approximate surface area is 104 Å². The van der Waals surface area contributed by atoms with Crippen LogP contribution >= 0.6 is 11.5 Å². The third-order valence-electron chi connectivity index (χ3n) is 2.36. The van der Waals surface area contributed by atoms with Crippen LogP contribution in [0.25, 0.3) is 10.2 Å². The molecule has 0 spiro atoms. The molecule has 0 aliphatic heterocycles. The summed E-state index contributed by atoms with van der Waals surface area (Å²) in [4.78, 5) is 14.0. The molecule has 2 rings (SSSR count). The van der Waals surface area contributed by atoms with Crippen LogP contribution in [0.2, 0.25) is 0 Å². The summed E-state index contributed by atoms with van der Waals surface area (Å²) in [6.07, 6.45) is 0. The average molecular weight is 250 g/mol. The Hall–Kier alpha value is -1.53. The second kappa shape index (κ2) is 5.20. The number of carbonyl (C=O) groups is 1. The molecule has 6 heteroatoms. The highest BCUT2D eigenvalue weighted by Crippen LogP contribution is 2.19. The van der Waals surface area contributed by atoms with Gasteiger partial charge in [0.2, 0.25) is 0 Å². The van der Waals surface area contributed by atoms with E-state index in [2.05, 4.69) is 14.9 Å². The van der Waals surface area contributed by atoms with Crippen LogP contribution in [-0.4, -0.2) is 47.6 Å². The summed E-state index contributed by atoms with van der Waals surface area (Å²) in [5.41, 5.74) is 1.42. The Morgan fingerprint density at radius 3 is 3.06 bits per heavy atom. The number of rotatable bonds is 4. The van der Waals surface area contributed by atoms with Crippen LogP contribution in [0.4, 0.5) is 0 Å². The van der Waals surface area contributed by atoms with Crippen LogP contribution in [-0.2, 0) is 0 Å². The quantitative estimate of drug-likeness (QED) is 0.879. The van der Waals surface area contributed by atoms with Crippen LogP contribution in [0.5, 0.6) is 0 Å². The molecule has 0 aliphatic rings. The van der Waals surface area contributed by atoms with Crippen LogP contribution in [0, 0.1) is 0 Å². The monoisotopic (exact) mass is 250 g/mol. The van der Waals surface area contributed by atoms with Gasteiger partial charge in [-0.3, -0.25) is 4.79 Å². The highest BCUT2D eigenvalue weighted by Gasteiger charge is 2.11. The smallest absolute Gasteiger partial charge is 0.252 e. The lowest BCUT2D eigenvalue weighted by Gasteiger charge is -2.10. The van der Waals surface area contributed by atoms with Gasteiger partial charge in [0.15, 0.2) is 0 Å². The fourth-order valence-electron chi connectivity index (χ4n) is 1.47. The highest BCUT2D eigenvalue weighted by atomic mass is 32.1. The maximum Gasteiger partial charge on any atom is 0.252 e. The van der Waals surface area contributed by atoms with Crippen molar-refractivity contribution in [3.63, 3.8) is 0 Å². The van der Waals surface area contributed by atoms with E-state index in [-0.39, 0.29) is 5.91 Å². The molecule has 0 saturated heterocycles. The molecule has 17 heavy (non-hydrogen) atoms. The van der Waals surface area contributed by atoms with Crippen molar-refractivity contribution in [2.45, 2.75) is 0 Å². The van der Waals surface area contributed by atoms with Crippen molar-refractivity contribution in [1.29, 1.82) is 0 Å². The summed E-state index contributed by atoms with van der Waals surface area (Å²) in [6, 6.07) is 5.48. The predicted octanol–water partition coefficient (Wildman–Crippen LogP) is 0.983. The van der Waals surface area contributed by atoms with Crippen molar-refractivity contribution >= 4 is 27.7 Å². The first kappa shape index (κ1) is 11.9. The van der Waals surface area contributed by atoms with E-state index in [1.54, 1.807) is 6.07 Å². The van der Waals surface area contributed by atoms with Crippen LogP contribution in [0.1, 0.15) is 10.4 Å². The minimum Gasteiger partial charge on any atom is -0.351 e. The SMILES string of the molecule is CN(C)CCNC(=O)c1cccc2nnsc12. The summed E-state index contributed by atoms with van der Waals surface area (Å²) >= 11 is 1.25. The van der Waals surface area contributed by atoms with Crippen molar-refractivity contribution < 1.29 is 4.79 Å². The molecule has 90 valence electrons. The summed E-state index contributed by atoms with van der Waals surface area (Å²) in [6.45, 7) is 1.46. The first-order valence-corrected chi connectivity index (χ1v) is 6.10. The summed E-state index contributed by atoms with van der Waals surface area (Å²) in [5, 5.41) is 6.83. The second-order valence-electron chi connectivity index (χ2n) is 3.99. The van der Waals surface area contributed by atoms with Crippen molar-refractivity contribution in [1.82, 2.24) is 19.8 Å². The molecule has 0 fully saturated rings. The fourth-order valence-corrected chi connectivity index (χ4v) is 2.14. The van der Waals surface area contributed by atoms with Gasteiger partial charge in [-0.05, 0) is 37.8 Å². The zero-order valence-electron chi connectivity index (χ0n) is 9.80. The molecule has 2 aromatic rings.